The summed E-state index contributed by atoms with van der Waals surface area (Å²) in [5.74, 6) is -1.86. The highest BCUT2D eigenvalue weighted by atomic mass is 79.9. The third-order valence-corrected chi connectivity index (χ3v) is 9.09. The minimum absolute atomic E-state index is 0.105. The van der Waals surface area contributed by atoms with Gasteiger partial charge in [0.1, 0.15) is 11.6 Å². The third kappa shape index (κ3) is 5.37. The second-order valence-electron chi connectivity index (χ2n) is 8.12. The Hall–Kier alpha value is -2.76. The van der Waals surface area contributed by atoms with Gasteiger partial charge in [-0.15, -0.1) is 10.2 Å². The van der Waals surface area contributed by atoms with Crippen LogP contribution in [-0.2, 0) is 15.3 Å². The van der Waals surface area contributed by atoms with Crippen LogP contribution in [0.15, 0.2) is 81.1 Å². The van der Waals surface area contributed by atoms with Crippen LogP contribution in [0.4, 0.5) is 9.52 Å². The van der Waals surface area contributed by atoms with Crippen molar-refractivity contribution in [1.29, 1.82) is 0 Å². The van der Waals surface area contributed by atoms with Crippen molar-refractivity contribution in [3.63, 3.8) is 0 Å². The number of nitrogens with zero attached hydrogens (tertiary/aromatic N) is 3. The molecule has 0 aliphatic carbocycles. The van der Waals surface area contributed by atoms with E-state index in [0.29, 0.717) is 26.2 Å². The summed E-state index contributed by atoms with van der Waals surface area (Å²) in [4.78, 5) is 27.8. The summed E-state index contributed by atoms with van der Waals surface area (Å²) in [7, 11) is 0. The Morgan fingerprint density at radius 1 is 1.03 bits per heavy atom. The summed E-state index contributed by atoms with van der Waals surface area (Å²) in [6.45, 7) is 0. The van der Waals surface area contributed by atoms with E-state index in [1.165, 1.54) is 28.8 Å². The molecule has 5 rings (SSSR count). The van der Waals surface area contributed by atoms with E-state index in [9.17, 15) is 19.1 Å². The smallest absolute Gasteiger partial charge is 0.301 e. The number of carbonyl (C=O) groups excluding carboxylic acids is 2. The fourth-order valence-corrected chi connectivity index (χ4v) is 6.27. The van der Waals surface area contributed by atoms with E-state index in [1.54, 1.807) is 54.6 Å². The highest BCUT2D eigenvalue weighted by Crippen LogP contribution is 2.45. The van der Waals surface area contributed by atoms with Gasteiger partial charge in [0.15, 0.2) is 4.34 Å². The number of ketones is 1. The molecular formula is C26H15BrCl2FN3O3S2. The number of anilines is 1. The topological polar surface area (TPSA) is 83.4 Å². The molecule has 1 aromatic heterocycles. The molecule has 38 heavy (non-hydrogen) atoms. The van der Waals surface area contributed by atoms with E-state index >= 15 is 0 Å². The number of amides is 1. The van der Waals surface area contributed by atoms with Crippen molar-refractivity contribution in [3.8, 4) is 0 Å². The largest absolute Gasteiger partial charge is 0.507 e. The number of rotatable bonds is 6. The van der Waals surface area contributed by atoms with E-state index in [0.717, 1.165) is 21.4 Å². The molecule has 1 aliphatic heterocycles. The lowest BCUT2D eigenvalue weighted by molar-refractivity contribution is -0.132. The summed E-state index contributed by atoms with van der Waals surface area (Å²) >= 11 is 18.2. The minimum atomic E-state index is -1.02. The molecule has 1 fully saturated rings. The third-order valence-electron chi connectivity index (χ3n) is 5.70. The summed E-state index contributed by atoms with van der Waals surface area (Å²) in [6.07, 6.45) is 0. The maximum absolute atomic E-state index is 13.3. The molecule has 12 heteroatoms. The van der Waals surface area contributed by atoms with Gasteiger partial charge in [0.2, 0.25) is 5.13 Å². The van der Waals surface area contributed by atoms with Crippen LogP contribution in [0.2, 0.25) is 10.0 Å². The van der Waals surface area contributed by atoms with Crippen LogP contribution in [0.1, 0.15) is 22.7 Å². The monoisotopic (exact) mass is 649 g/mol. The van der Waals surface area contributed by atoms with Crippen molar-refractivity contribution in [2.45, 2.75) is 16.1 Å². The first-order valence-electron chi connectivity index (χ1n) is 11.0. The van der Waals surface area contributed by atoms with Gasteiger partial charge in [-0.2, -0.15) is 0 Å². The molecule has 2 heterocycles. The number of benzene rings is 3. The SMILES string of the molecule is O=C1C(=O)N(c2nnc(SCc3ccc(F)cc3)s2)C(c2ccc(Cl)c(Cl)c2)/C1=C(/O)c1ccc(Br)cc1. The lowest BCUT2D eigenvalue weighted by Crippen LogP contribution is -2.29. The van der Waals surface area contributed by atoms with Crippen molar-refractivity contribution in [2.75, 3.05) is 4.90 Å². The molecule has 1 saturated heterocycles. The minimum Gasteiger partial charge on any atom is -0.507 e. The van der Waals surface area contributed by atoms with Gasteiger partial charge < -0.3 is 5.11 Å². The average Bonchev–Trinajstić information content (AvgIpc) is 3.47. The lowest BCUT2D eigenvalue weighted by Gasteiger charge is -2.22. The number of Topliss-reactive ketones (excluding diaryl/α,β-unsaturated/α-hetero) is 1. The molecule has 1 unspecified atom stereocenters. The molecule has 0 spiro atoms. The molecule has 0 bridgehead atoms. The van der Waals surface area contributed by atoms with Gasteiger partial charge in [0.25, 0.3) is 5.78 Å². The number of aliphatic hydroxyl groups is 1. The van der Waals surface area contributed by atoms with Gasteiger partial charge in [-0.3, -0.25) is 14.5 Å². The van der Waals surface area contributed by atoms with Crippen LogP contribution < -0.4 is 4.90 Å². The fraction of sp³-hybridized carbons (Fsp3) is 0.0769. The zero-order valence-electron chi connectivity index (χ0n) is 19.1. The predicted molar refractivity (Wildman–Crippen MR) is 151 cm³/mol. The molecule has 0 saturated carbocycles. The normalized spacial score (nSPS) is 16.8. The number of aromatic nitrogens is 2. The summed E-state index contributed by atoms with van der Waals surface area (Å²) in [5, 5.41) is 20.3. The fourth-order valence-electron chi connectivity index (χ4n) is 3.87. The molecule has 4 aromatic rings. The van der Waals surface area contributed by atoms with Crippen LogP contribution >= 0.6 is 62.2 Å². The number of hydrogen-bond acceptors (Lipinski definition) is 7. The average molecular weight is 651 g/mol. The standard InChI is InChI=1S/C26H15BrCl2FN3O3S2/c27-16-6-3-14(4-7-16)22(34)20-21(15-5-10-18(28)19(29)11-15)33(24(36)23(20)35)25-31-32-26(38-25)37-12-13-1-8-17(30)9-2-13/h1-11,21,34H,12H2/b22-20-. The Morgan fingerprint density at radius 3 is 2.42 bits per heavy atom. The first-order chi connectivity index (χ1) is 18.2. The number of carbonyl (C=O) groups is 2. The molecule has 1 aliphatic rings. The molecule has 0 radical (unpaired) electrons. The van der Waals surface area contributed by atoms with Gasteiger partial charge in [-0.25, -0.2) is 4.39 Å². The Morgan fingerprint density at radius 2 is 1.74 bits per heavy atom. The zero-order chi connectivity index (χ0) is 27.0. The van der Waals surface area contributed by atoms with Crippen LogP contribution in [0, 0.1) is 5.82 Å². The van der Waals surface area contributed by atoms with Crippen molar-refractivity contribution in [2.24, 2.45) is 0 Å². The Bertz CT molecular complexity index is 1580. The second-order valence-corrected chi connectivity index (χ2v) is 12.0. The van der Waals surface area contributed by atoms with Gasteiger partial charge >= 0.3 is 5.91 Å². The zero-order valence-corrected chi connectivity index (χ0v) is 23.8. The van der Waals surface area contributed by atoms with Crippen molar-refractivity contribution < 1.29 is 19.1 Å². The number of thioether (sulfide) groups is 1. The van der Waals surface area contributed by atoms with Crippen LogP contribution in [-0.4, -0.2) is 27.0 Å². The number of halogens is 4. The number of aliphatic hydroxyl groups excluding tert-OH is 1. The van der Waals surface area contributed by atoms with Crippen LogP contribution in [0.25, 0.3) is 5.76 Å². The first-order valence-corrected chi connectivity index (χ1v) is 14.3. The number of hydrogen-bond donors (Lipinski definition) is 1. The first kappa shape index (κ1) is 26.8. The maximum Gasteiger partial charge on any atom is 0.301 e. The molecule has 1 atom stereocenters. The van der Waals surface area contributed by atoms with Crippen molar-refractivity contribution in [1.82, 2.24) is 10.2 Å². The molecular weight excluding hydrogens is 636 g/mol. The highest BCUT2D eigenvalue weighted by Gasteiger charge is 2.48. The predicted octanol–water partition coefficient (Wildman–Crippen LogP) is 7.67. The highest BCUT2D eigenvalue weighted by molar-refractivity contribution is 9.10. The molecule has 1 N–H and O–H groups in total. The molecule has 6 nitrogen and oxygen atoms in total. The van der Waals surface area contributed by atoms with Crippen molar-refractivity contribution >= 4 is 84.8 Å². The van der Waals surface area contributed by atoms with E-state index < -0.39 is 17.7 Å². The van der Waals surface area contributed by atoms with E-state index in [1.807, 2.05) is 0 Å². The summed E-state index contributed by atoms with van der Waals surface area (Å²) in [6, 6.07) is 16.5. The second kappa shape index (κ2) is 11.2. The summed E-state index contributed by atoms with van der Waals surface area (Å²) < 4.78 is 14.5. The van der Waals surface area contributed by atoms with E-state index in [-0.39, 0.29) is 27.3 Å². The van der Waals surface area contributed by atoms with E-state index in [4.69, 9.17) is 23.2 Å². The van der Waals surface area contributed by atoms with E-state index in [2.05, 4.69) is 26.1 Å². The van der Waals surface area contributed by atoms with Crippen LogP contribution in [0.5, 0.6) is 0 Å². The Balaban J connectivity index is 1.55. The maximum atomic E-state index is 13.3. The summed E-state index contributed by atoms with van der Waals surface area (Å²) in [5.41, 5.74) is 1.61. The quantitative estimate of drug-likeness (QED) is 0.0758. The molecule has 1 amide bonds. The van der Waals surface area contributed by atoms with Crippen molar-refractivity contribution in [3.05, 3.63) is 109 Å². The van der Waals surface area contributed by atoms with Gasteiger partial charge in [-0.05, 0) is 47.5 Å². The van der Waals surface area contributed by atoms with Gasteiger partial charge in [-0.1, -0.05) is 92.6 Å². The molecule has 192 valence electrons. The van der Waals surface area contributed by atoms with Crippen LogP contribution in [0.3, 0.4) is 0 Å². The molecule has 3 aromatic carbocycles. The lowest BCUT2D eigenvalue weighted by atomic mass is 9.95. The Labute approximate surface area is 243 Å². The van der Waals surface area contributed by atoms with Gasteiger partial charge in [0.05, 0.1) is 21.7 Å². The van der Waals surface area contributed by atoms with Gasteiger partial charge in [0, 0.05) is 15.8 Å². The Kier molecular flexibility index (Phi) is 7.88.